The molecular weight excluding hydrogens is 253 g/mol. The smallest absolute Gasteiger partial charge is 0.287 e. The first-order chi connectivity index (χ1) is 7.71. The predicted octanol–water partition coefficient (Wildman–Crippen LogP) is 2.67. The van der Waals surface area contributed by atoms with Crippen LogP contribution in [0, 0.1) is 6.92 Å². The molecule has 1 rings (SSSR count). The van der Waals surface area contributed by atoms with Crippen LogP contribution in [0.15, 0.2) is 10.9 Å². The molecule has 0 saturated carbocycles. The maximum absolute atomic E-state index is 12.4. The number of aromatic nitrogens is 2. The highest BCUT2D eigenvalue weighted by atomic mass is 32.2. The van der Waals surface area contributed by atoms with Crippen molar-refractivity contribution in [3.63, 3.8) is 0 Å². The minimum absolute atomic E-state index is 0.0815. The van der Waals surface area contributed by atoms with Crippen molar-refractivity contribution in [3.05, 3.63) is 27.9 Å². The summed E-state index contributed by atoms with van der Waals surface area (Å²) in [6.45, 7) is 5.29. The summed E-state index contributed by atoms with van der Waals surface area (Å²) in [5.41, 5.74) is -1.80. The van der Waals surface area contributed by atoms with Gasteiger partial charge < -0.3 is 0 Å². The molecule has 0 radical (unpaired) electrons. The second-order valence-corrected chi connectivity index (χ2v) is 5.33. The SMILES string of the molecule is Cc1nc(C(F)(F)F)cc(=O)n1CSC(C)C. The summed E-state index contributed by atoms with van der Waals surface area (Å²) >= 11 is 1.47. The van der Waals surface area contributed by atoms with Crippen molar-refractivity contribution in [1.29, 1.82) is 0 Å². The second-order valence-electron chi connectivity index (χ2n) is 3.80. The van der Waals surface area contributed by atoms with Gasteiger partial charge in [0.25, 0.3) is 5.56 Å². The Bertz CT molecular complexity index is 454. The van der Waals surface area contributed by atoms with E-state index in [1.54, 1.807) is 0 Å². The van der Waals surface area contributed by atoms with E-state index in [0.717, 1.165) is 0 Å². The molecule has 3 nitrogen and oxygen atoms in total. The molecule has 0 aliphatic rings. The molecule has 0 aromatic carbocycles. The molecule has 17 heavy (non-hydrogen) atoms. The fraction of sp³-hybridized carbons (Fsp3) is 0.600. The molecule has 1 heterocycles. The van der Waals surface area contributed by atoms with Gasteiger partial charge in [0.15, 0.2) is 5.69 Å². The van der Waals surface area contributed by atoms with Crippen LogP contribution in [-0.2, 0) is 12.1 Å². The second kappa shape index (κ2) is 5.12. The average molecular weight is 266 g/mol. The predicted molar refractivity (Wildman–Crippen MR) is 61.0 cm³/mol. The maximum atomic E-state index is 12.4. The van der Waals surface area contributed by atoms with E-state index < -0.39 is 17.4 Å². The van der Waals surface area contributed by atoms with Crippen molar-refractivity contribution >= 4 is 11.8 Å². The van der Waals surface area contributed by atoms with Gasteiger partial charge in [0.05, 0.1) is 5.88 Å². The summed E-state index contributed by atoms with van der Waals surface area (Å²) in [7, 11) is 0. The van der Waals surface area contributed by atoms with E-state index in [0.29, 0.717) is 17.2 Å². The van der Waals surface area contributed by atoms with Gasteiger partial charge in [-0.2, -0.15) is 13.2 Å². The number of hydrogen-bond acceptors (Lipinski definition) is 3. The molecule has 0 aliphatic carbocycles. The van der Waals surface area contributed by atoms with Crippen LogP contribution in [-0.4, -0.2) is 14.8 Å². The van der Waals surface area contributed by atoms with E-state index in [1.807, 2.05) is 13.8 Å². The number of halogens is 3. The van der Waals surface area contributed by atoms with Crippen LogP contribution in [0.2, 0.25) is 0 Å². The Morgan fingerprint density at radius 2 is 2.06 bits per heavy atom. The minimum atomic E-state index is -4.58. The zero-order valence-electron chi connectivity index (χ0n) is 9.71. The number of rotatable bonds is 3. The molecule has 0 unspecified atom stereocenters. The van der Waals surface area contributed by atoms with E-state index in [9.17, 15) is 18.0 Å². The average Bonchev–Trinajstić information content (AvgIpc) is 2.14. The van der Waals surface area contributed by atoms with Crippen LogP contribution in [0.1, 0.15) is 25.4 Å². The zero-order valence-corrected chi connectivity index (χ0v) is 10.5. The lowest BCUT2D eigenvalue weighted by atomic mass is 10.4. The molecule has 0 saturated heterocycles. The third kappa shape index (κ3) is 3.76. The summed E-state index contributed by atoms with van der Waals surface area (Å²) in [6, 6.07) is 0.536. The molecule has 0 aliphatic heterocycles. The van der Waals surface area contributed by atoms with E-state index >= 15 is 0 Å². The van der Waals surface area contributed by atoms with Gasteiger partial charge in [0.2, 0.25) is 0 Å². The highest BCUT2D eigenvalue weighted by Crippen LogP contribution is 2.26. The Labute approximate surface area is 101 Å². The van der Waals surface area contributed by atoms with E-state index in [1.165, 1.54) is 23.3 Å². The van der Waals surface area contributed by atoms with Gasteiger partial charge in [-0.25, -0.2) is 4.98 Å². The molecule has 7 heteroatoms. The first kappa shape index (κ1) is 14.1. The molecule has 0 N–H and O–H groups in total. The molecule has 0 amide bonds. The third-order valence-electron chi connectivity index (χ3n) is 2.03. The van der Waals surface area contributed by atoms with E-state index in [-0.39, 0.29) is 5.82 Å². The van der Waals surface area contributed by atoms with Crippen LogP contribution in [0.4, 0.5) is 13.2 Å². The molecule has 0 bridgehead atoms. The Hall–Kier alpha value is -0.980. The van der Waals surface area contributed by atoms with Crippen molar-refractivity contribution in [1.82, 2.24) is 9.55 Å². The van der Waals surface area contributed by atoms with Gasteiger partial charge in [-0.1, -0.05) is 13.8 Å². The molecular formula is C10H13F3N2OS. The fourth-order valence-corrected chi connectivity index (χ4v) is 1.91. The fourth-order valence-electron chi connectivity index (χ4n) is 1.15. The quantitative estimate of drug-likeness (QED) is 0.843. The lowest BCUT2D eigenvalue weighted by molar-refractivity contribution is -0.141. The summed E-state index contributed by atoms with van der Waals surface area (Å²) in [4.78, 5) is 14.9. The van der Waals surface area contributed by atoms with Crippen LogP contribution >= 0.6 is 11.8 Å². The number of thioether (sulfide) groups is 1. The summed E-state index contributed by atoms with van der Waals surface area (Å²) in [6.07, 6.45) is -4.58. The molecule has 96 valence electrons. The summed E-state index contributed by atoms with van der Waals surface area (Å²) < 4.78 is 38.4. The van der Waals surface area contributed by atoms with Crippen molar-refractivity contribution in [2.24, 2.45) is 0 Å². The van der Waals surface area contributed by atoms with Gasteiger partial charge in [-0.3, -0.25) is 9.36 Å². The number of nitrogens with zero attached hydrogens (tertiary/aromatic N) is 2. The lowest BCUT2D eigenvalue weighted by Crippen LogP contribution is -2.26. The van der Waals surface area contributed by atoms with Crippen LogP contribution in [0.5, 0.6) is 0 Å². The molecule has 0 fully saturated rings. The Morgan fingerprint density at radius 3 is 2.47 bits per heavy atom. The lowest BCUT2D eigenvalue weighted by Gasteiger charge is -2.12. The Balaban J connectivity index is 3.07. The van der Waals surface area contributed by atoms with Crippen LogP contribution in [0.25, 0.3) is 0 Å². The largest absolute Gasteiger partial charge is 0.433 e. The maximum Gasteiger partial charge on any atom is 0.433 e. The van der Waals surface area contributed by atoms with Crippen LogP contribution < -0.4 is 5.56 Å². The normalized spacial score (nSPS) is 12.2. The highest BCUT2D eigenvalue weighted by molar-refractivity contribution is 7.98. The summed E-state index contributed by atoms with van der Waals surface area (Å²) in [5.74, 6) is 0.394. The van der Waals surface area contributed by atoms with Crippen molar-refractivity contribution in [3.8, 4) is 0 Å². The first-order valence-corrected chi connectivity index (χ1v) is 6.04. The third-order valence-corrected chi connectivity index (χ3v) is 3.10. The monoisotopic (exact) mass is 266 g/mol. The highest BCUT2D eigenvalue weighted by Gasteiger charge is 2.33. The van der Waals surface area contributed by atoms with Gasteiger partial charge in [0, 0.05) is 11.3 Å². The van der Waals surface area contributed by atoms with E-state index in [4.69, 9.17) is 0 Å². The minimum Gasteiger partial charge on any atom is -0.287 e. The van der Waals surface area contributed by atoms with Crippen molar-refractivity contribution < 1.29 is 13.2 Å². The molecule has 1 aromatic rings. The standard InChI is InChI=1S/C10H13F3N2OS/c1-6(2)17-5-15-7(3)14-8(4-9(15)16)10(11,12)13/h4,6H,5H2,1-3H3. The number of aryl methyl sites for hydroxylation is 1. The number of alkyl halides is 3. The number of hydrogen-bond donors (Lipinski definition) is 0. The van der Waals surface area contributed by atoms with Crippen molar-refractivity contribution in [2.75, 3.05) is 0 Å². The van der Waals surface area contributed by atoms with Crippen molar-refractivity contribution in [2.45, 2.75) is 38.1 Å². The molecule has 0 spiro atoms. The first-order valence-electron chi connectivity index (χ1n) is 4.99. The molecule has 0 atom stereocenters. The Morgan fingerprint density at radius 1 is 1.47 bits per heavy atom. The topological polar surface area (TPSA) is 34.9 Å². The van der Waals surface area contributed by atoms with Gasteiger partial charge in [-0.05, 0) is 6.92 Å². The van der Waals surface area contributed by atoms with Gasteiger partial charge in [0.1, 0.15) is 5.82 Å². The Kier molecular flexibility index (Phi) is 4.24. The van der Waals surface area contributed by atoms with Crippen LogP contribution in [0.3, 0.4) is 0 Å². The van der Waals surface area contributed by atoms with Gasteiger partial charge >= 0.3 is 6.18 Å². The van der Waals surface area contributed by atoms with Gasteiger partial charge in [-0.15, -0.1) is 11.8 Å². The van der Waals surface area contributed by atoms with E-state index in [2.05, 4.69) is 4.98 Å². The zero-order chi connectivity index (χ0) is 13.2. The molecule has 1 aromatic heterocycles. The summed E-state index contributed by atoms with van der Waals surface area (Å²) in [5, 5.41) is 0.295.